The molecule has 0 radical (unpaired) electrons. The van der Waals surface area contributed by atoms with Crippen LogP contribution in [0.3, 0.4) is 0 Å². The second-order valence-corrected chi connectivity index (χ2v) is 23.4. The second-order valence-electron chi connectivity index (χ2n) is 23.4. The Kier molecular flexibility index (Phi) is 60.4. The van der Waals surface area contributed by atoms with E-state index >= 15 is 0 Å². The molecule has 0 saturated heterocycles. The molecule has 474 valence electrons. The van der Waals surface area contributed by atoms with Gasteiger partial charge in [-0.15, -0.1) is 0 Å². The lowest BCUT2D eigenvalue weighted by Gasteiger charge is -2.26. The van der Waals surface area contributed by atoms with Gasteiger partial charge in [0.25, 0.3) is 0 Å². The van der Waals surface area contributed by atoms with E-state index in [0.717, 1.165) is 103 Å². The lowest BCUT2D eigenvalue weighted by Crippen LogP contribution is -2.44. The fourth-order valence-corrected chi connectivity index (χ4v) is 9.05. The number of nitrogens with zero attached hydrogens (tertiary/aromatic N) is 1. The number of rotatable bonds is 61. The molecule has 0 fully saturated rings. The van der Waals surface area contributed by atoms with Crippen molar-refractivity contribution in [1.82, 2.24) is 0 Å². The van der Waals surface area contributed by atoms with Crippen LogP contribution >= 0.6 is 0 Å². The van der Waals surface area contributed by atoms with Crippen LogP contribution in [0, 0.1) is 0 Å². The van der Waals surface area contributed by atoms with Crippen molar-refractivity contribution in [3.05, 3.63) is 122 Å². The van der Waals surface area contributed by atoms with Crippen molar-refractivity contribution in [1.29, 1.82) is 0 Å². The summed E-state index contributed by atoms with van der Waals surface area (Å²) in [6.07, 6.45) is 86.9. The fraction of sp³-hybridized carbons (Fsp3) is 0.689. The highest BCUT2D eigenvalue weighted by Gasteiger charge is 2.22. The highest BCUT2D eigenvalue weighted by molar-refractivity contribution is 5.70. The first kappa shape index (κ1) is 78.7. The summed E-state index contributed by atoms with van der Waals surface area (Å²) < 4.78 is 22.8. The molecule has 0 aliphatic rings. The maximum absolute atomic E-state index is 12.9. The van der Waals surface area contributed by atoms with Gasteiger partial charge in [0.15, 0.2) is 12.4 Å². The maximum atomic E-state index is 12.9. The predicted octanol–water partition coefficient (Wildman–Crippen LogP) is 19.5. The number of hydrogen-bond acceptors (Lipinski definition) is 8. The number of carboxylic acid groups (broad SMARTS) is 1. The molecule has 9 nitrogen and oxygen atoms in total. The van der Waals surface area contributed by atoms with Crippen LogP contribution in [0.5, 0.6) is 0 Å². The van der Waals surface area contributed by atoms with Gasteiger partial charge in [0.1, 0.15) is 13.2 Å². The SMILES string of the molecule is CC/C=C\C/C=C\C/C=C\C/C=C\C/C=C\C/C=C\C/C=C\C/C=C\C/C=C\CCCCCCCCCC(=O)OC(COC(=O)CCCCCCCCCCCCC/C=C\CCCCCCCCCC)COC(OCC[N+](C)(C)C)C(=O)[O-]. The Hall–Kier alpha value is -4.31. The van der Waals surface area contributed by atoms with E-state index < -0.39 is 24.3 Å². The van der Waals surface area contributed by atoms with E-state index in [1.807, 2.05) is 21.1 Å². The second kappa shape index (κ2) is 63.7. The zero-order chi connectivity index (χ0) is 60.5. The van der Waals surface area contributed by atoms with Crippen molar-refractivity contribution in [3.8, 4) is 0 Å². The molecule has 0 N–H and O–H groups in total. The molecule has 0 heterocycles. The minimum absolute atomic E-state index is 0.140. The van der Waals surface area contributed by atoms with E-state index in [1.165, 1.54) is 135 Å². The van der Waals surface area contributed by atoms with E-state index in [-0.39, 0.29) is 38.6 Å². The Morgan fingerprint density at radius 2 is 0.687 bits per heavy atom. The molecule has 0 aromatic rings. The summed E-state index contributed by atoms with van der Waals surface area (Å²) in [5, 5.41) is 11.8. The molecule has 0 rings (SSSR count). The van der Waals surface area contributed by atoms with Crippen LogP contribution in [0.1, 0.15) is 271 Å². The molecule has 0 aromatic heterocycles. The molecule has 0 aliphatic carbocycles. The van der Waals surface area contributed by atoms with Crippen LogP contribution in [0.15, 0.2) is 122 Å². The van der Waals surface area contributed by atoms with Gasteiger partial charge in [0.05, 0.1) is 40.3 Å². The molecule has 2 unspecified atom stereocenters. The lowest BCUT2D eigenvalue weighted by atomic mass is 10.0. The van der Waals surface area contributed by atoms with Gasteiger partial charge < -0.3 is 33.3 Å². The van der Waals surface area contributed by atoms with Crippen molar-refractivity contribution in [2.24, 2.45) is 0 Å². The molecule has 0 aliphatic heterocycles. The largest absolute Gasteiger partial charge is 0.545 e. The summed E-state index contributed by atoms with van der Waals surface area (Å²) in [4.78, 5) is 37.4. The molecule has 0 spiro atoms. The number of allylic oxidation sites excluding steroid dienone is 20. The first-order valence-electron chi connectivity index (χ1n) is 33.7. The van der Waals surface area contributed by atoms with Gasteiger partial charge in [0.2, 0.25) is 0 Å². The fourth-order valence-electron chi connectivity index (χ4n) is 9.05. The number of likely N-dealkylation sites (N-methyl/N-ethyl adjacent to an activating group) is 1. The van der Waals surface area contributed by atoms with Crippen LogP contribution < -0.4 is 5.11 Å². The number of esters is 2. The highest BCUT2D eigenvalue weighted by atomic mass is 16.7. The predicted molar refractivity (Wildman–Crippen MR) is 352 cm³/mol. The summed E-state index contributed by atoms with van der Waals surface area (Å²) >= 11 is 0. The van der Waals surface area contributed by atoms with Gasteiger partial charge in [-0.25, -0.2) is 0 Å². The number of aliphatic carboxylic acids is 1. The molecule has 9 heteroatoms. The van der Waals surface area contributed by atoms with Crippen LogP contribution in [0.4, 0.5) is 0 Å². The van der Waals surface area contributed by atoms with Crippen molar-refractivity contribution in [2.45, 2.75) is 283 Å². The number of carbonyl (C=O) groups excluding carboxylic acids is 3. The monoisotopic (exact) mass is 1160 g/mol. The van der Waals surface area contributed by atoms with Gasteiger partial charge in [-0.2, -0.15) is 0 Å². The minimum Gasteiger partial charge on any atom is -0.545 e. The van der Waals surface area contributed by atoms with Crippen molar-refractivity contribution >= 4 is 17.9 Å². The number of carboxylic acids is 1. The van der Waals surface area contributed by atoms with E-state index in [4.69, 9.17) is 18.9 Å². The summed E-state index contributed by atoms with van der Waals surface area (Å²) in [5.74, 6) is -2.30. The average molecular weight is 1160 g/mol. The Morgan fingerprint density at radius 3 is 1.04 bits per heavy atom. The standard InChI is InChI=1S/C74H125NO8/c1-6-8-10-12-14-16-18-20-22-24-26-28-30-31-32-33-34-35-36-37-38-39-40-41-43-45-47-49-51-53-55-57-59-61-63-65-72(77)83-70(69-82-74(73(78)79)80-67-66-75(3,4)5)68-81-71(76)64-62-60-58-56-54-52-50-48-46-44-42-29-27-25-23-21-19-17-15-13-11-9-7-2/h8,10,14,16,20,22,25-28,31-32,34-35,37-38,40-41,45,47,70,74H,6-7,9,11-13,15,17-19,21,23-24,29-30,33,36,39,42-44,46,48-69H2,1-5H3/b10-8-,16-14-,22-20-,27-25-,28-26-,32-31-,35-34-,38-37-,41-40-,47-45-. The lowest BCUT2D eigenvalue weighted by molar-refractivity contribution is -0.870. The third-order valence-corrected chi connectivity index (χ3v) is 14.2. The van der Waals surface area contributed by atoms with E-state index in [2.05, 4.69) is 135 Å². The van der Waals surface area contributed by atoms with Gasteiger partial charge in [-0.1, -0.05) is 270 Å². The number of hydrogen-bond donors (Lipinski definition) is 0. The van der Waals surface area contributed by atoms with E-state index in [9.17, 15) is 19.5 Å². The van der Waals surface area contributed by atoms with Gasteiger partial charge in [0, 0.05) is 12.8 Å². The van der Waals surface area contributed by atoms with Crippen LogP contribution in [0.2, 0.25) is 0 Å². The summed E-state index contributed by atoms with van der Waals surface area (Å²) in [6, 6.07) is 0. The molecule has 2 atom stereocenters. The smallest absolute Gasteiger partial charge is 0.306 e. The molecule has 83 heavy (non-hydrogen) atoms. The third-order valence-electron chi connectivity index (χ3n) is 14.2. The Bertz CT molecular complexity index is 1780. The van der Waals surface area contributed by atoms with Gasteiger partial charge in [-0.3, -0.25) is 9.59 Å². The van der Waals surface area contributed by atoms with Crippen molar-refractivity contribution in [2.75, 3.05) is 47.5 Å². The molecule has 0 saturated carbocycles. The molecule has 0 bridgehead atoms. The Morgan fingerprint density at radius 1 is 0.373 bits per heavy atom. The number of ether oxygens (including phenoxy) is 4. The number of carbonyl (C=O) groups is 3. The van der Waals surface area contributed by atoms with Crippen LogP contribution in [-0.4, -0.2) is 82.3 Å². The Balaban J connectivity index is 4.22. The molecular weight excluding hydrogens is 1030 g/mol. The Labute approximate surface area is 510 Å². The topological polar surface area (TPSA) is 111 Å². The van der Waals surface area contributed by atoms with Crippen molar-refractivity contribution < 1.29 is 42.9 Å². The number of quaternary nitrogens is 1. The first-order valence-corrected chi connectivity index (χ1v) is 33.7. The van der Waals surface area contributed by atoms with Crippen LogP contribution in [-0.2, 0) is 33.3 Å². The maximum Gasteiger partial charge on any atom is 0.306 e. The quantitative estimate of drug-likeness (QED) is 0.0195. The normalized spacial score (nSPS) is 13.5. The molecular formula is C74H125NO8. The number of unbranched alkanes of at least 4 members (excludes halogenated alkanes) is 26. The van der Waals surface area contributed by atoms with E-state index in [1.54, 1.807) is 0 Å². The van der Waals surface area contributed by atoms with Crippen molar-refractivity contribution in [3.63, 3.8) is 0 Å². The zero-order valence-electron chi connectivity index (χ0n) is 54.0. The summed E-state index contributed by atoms with van der Waals surface area (Å²) in [7, 11) is 5.92. The summed E-state index contributed by atoms with van der Waals surface area (Å²) in [6.45, 7) is 4.63. The average Bonchev–Trinajstić information content (AvgIpc) is 3.46. The third kappa shape index (κ3) is 65.1. The first-order chi connectivity index (χ1) is 40.6. The molecule has 0 aromatic carbocycles. The minimum atomic E-state index is -1.63. The van der Waals surface area contributed by atoms with Crippen LogP contribution in [0.25, 0.3) is 0 Å². The van der Waals surface area contributed by atoms with Gasteiger partial charge in [-0.05, 0) is 109 Å². The summed E-state index contributed by atoms with van der Waals surface area (Å²) in [5.41, 5.74) is 0. The molecule has 0 amide bonds. The highest BCUT2D eigenvalue weighted by Crippen LogP contribution is 2.16. The zero-order valence-corrected chi connectivity index (χ0v) is 54.0. The van der Waals surface area contributed by atoms with E-state index in [0.29, 0.717) is 17.4 Å². The van der Waals surface area contributed by atoms with Gasteiger partial charge >= 0.3 is 11.9 Å².